The first kappa shape index (κ1) is 46.6. The molecule has 0 fully saturated rings. The predicted octanol–water partition coefficient (Wildman–Crippen LogP) is 3.20. The molecule has 2 unspecified atom stereocenters. The van der Waals surface area contributed by atoms with Crippen molar-refractivity contribution >= 4 is 17.9 Å². The van der Waals surface area contributed by atoms with Crippen LogP contribution in [0.25, 0.3) is 0 Å². The van der Waals surface area contributed by atoms with Crippen molar-refractivity contribution in [2.24, 2.45) is 45.7 Å². The van der Waals surface area contributed by atoms with Crippen LogP contribution in [-0.4, -0.2) is 105 Å². The van der Waals surface area contributed by atoms with Gasteiger partial charge in [-0.25, -0.2) is 0 Å². The molecule has 0 heterocycles. The van der Waals surface area contributed by atoms with Crippen LogP contribution in [0.3, 0.4) is 0 Å². The second-order valence-electron chi connectivity index (χ2n) is 12.8. The average Bonchev–Trinajstić information content (AvgIpc) is 3.05. The molecule has 2 atom stereocenters. The molecule has 0 aromatic heterocycles. The molecule has 0 bridgehead atoms. The van der Waals surface area contributed by atoms with Gasteiger partial charge in [-0.2, -0.15) is 0 Å². The molecule has 0 aliphatic heterocycles. The molecule has 15 nitrogen and oxygen atoms in total. The first-order chi connectivity index (χ1) is 23.8. The first-order valence-electron chi connectivity index (χ1n) is 18.3. The first-order valence-corrected chi connectivity index (χ1v) is 18.3. The van der Waals surface area contributed by atoms with Gasteiger partial charge in [0.25, 0.3) is 0 Å². The Kier molecular flexibility index (Phi) is 33.6. The number of hydrogen-bond acceptors (Lipinski definition) is 9. The van der Waals surface area contributed by atoms with E-state index in [1.165, 1.54) is 0 Å². The smallest absolute Gasteiger partial charge is 0.185 e. The molecule has 0 amide bonds. The van der Waals surface area contributed by atoms with Crippen LogP contribution in [-0.2, 0) is 28.4 Å². The van der Waals surface area contributed by atoms with Gasteiger partial charge in [-0.15, -0.1) is 0 Å². The van der Waals surface area contributed by atoms with Gasteiger partial charge in [0.05, 0.1) is 39.6 Å². The molecule has 0 aliphatic rings. The molecule has 0 saturated heterocycles. The number of rotatable bonds is 37. The molecule has 15 heteroatoms. The molecule has 49 heavy (non-hydrogen) atoms. The number of ether oxygens (including phenoxy) is 6. The van der Waals surface area contributed by atoms with Gasteiger partial charge >= 0.3 is 0 Å². The van der Waals surface area contributed by atoms with E-state index in [2.05, 4.69) is 15.6 Å². The van der Waals surface area contributed by atoms with Crippen LogP contribution in [0.15, 0.2) is 4.99 Å². The highest BCUT2D eigenvalue weighted by Gasteiger charge is 2.13. The van der Waals surface area contributed by atoms with Crippen molar-refractivity contribution in [3.63, 3.8) is 0 Å². The van der Waals surface area contributed by atoms with Crippen LogP contribution >= 0.6 is 0 Å². The molecule has 0 aromatic rings. The van der Waals surface area contributed by atoms with Crippen molar-refractivity contribution in [1.82, 2.24) is 10.6 Å². The fourth-order valence-electron chi connectivity index (χ4n) is 5.47. The van der Waals surface area contributed by atoms with Crippen LogP contribution in [0, 0.1) is 28.6 Å². The number of nitrogens with zero attached hydrogens (tertiary/aromatic N) is 1. The van der Waals surface area contributed by atoms with Gasteiger partial charge in [-0.1, -0.05) is 57.8 Å². The minimum Gasteiger partial charge on any atom is -0.384 e. The topological polar surface area (TPSA) is 244 Å². The van der Waals surface area contributed by atoms with Gasteiger partial charge in [0, 0.05) is 51.6 Å². The molecular weight excluding hydrogens is 630 g/mol. The van der Waals surface area contributed by atoms with Crippen LogP contribution in [0.4, 0.5) is 0 Å². The highest BCUT2D eigenvalue weighted by molar-refractivity contribution is 5.75. The Balaban J connectivity index is 4.44. The van der Waals surface area contributed by atoms with E-state index in [4.69, 9.17) is 62.2 Å². The van der Waals surface area contributed by atoms with E-state index in [9.17, 15) is 0 Å². The lowest BCUT2D eigenvalue weighted by molar-refractivity contribution is -0.107. The van der Waals surface area contributed by atoms with Crippen LogP contribution in [0.2, 0.25) is 0 Å². The van der Waals surface area contributed by atoms with Crippen LogP contribution in [0.5, 0.6) is 0 Å². The van der Waals surface area contributed by atoms with Gasteiger partial charge in [-0.3, -0.25) is 15.8 Å². The number of methoxy groups -OCH3 is 2. The summed E-state index contributed by atoms with van der Waals surface area (Å²) in [6.45, 7) is 6.30. The minimum atomic E-state index is 0.0291. The van der Waals surface area contributed by atoms with Crippen LogP contribution < -0.4 is 33.6 Å². The molecule has 0 radical (unpaired) electrons. The third-order valence-electron chi connectivity index (χ3n) is 8.08. The van der Waals surface area contributed by atoms with Gasteiger partial charge in [0.1, 0.15) is 13.6 Å². The number of nitrogens with two attached hydrogens (primary N) is 4. The molecule has 0 aromatic carbocycles. The Morgan fingerprint density at radius 1 is 0.510 bits per heavy atom. The van der Waals surface area contributed by atoms with E-state index in [-0.39, 0.29) is 37.4 Å². The lowest BCUT2D eigenvalue weighted by Crippen LogP contribution is -2.30. The van der Waals surface area contributed by atoms with E-state index in [1.54, 1.807) is 14.2 Å². The number of guanidine groups is 3. The summed E-state index contributed by atoms with van der Waals surface area (Å²) in [7, 11) is 3.45. The maximum absolute atomic E-state index is 7.21. The number of nitrogens with one attached hydrogen (secondary N) is 4. The van der Waals surface area contributed by atoms with E-state index < -0.39 is 0 Å². The van der Waals surface area contributed by atoms with Crippen molar-refractivity contribution in [2.45, 2.75) is 96.3 Å². The minimum absolute atomic E-state index is 0.0291. The van der Waals surface area contributed by atoms with Gasteiger partial charge in [0.15, 0.2) is 17.9 Å². The summed E-state index contributed by atoms with van der Waals surface area (Å²) in [5.74, 6) is 1.10. The van der Waals surface area contributed by atoms with Crippen LogP contribution in [0.1, 0.15) is 96.3 Å². The molecule has 0 rings (SSSR count). The Morgan fingerprint density at radius 2 is 0.857 bits per heavy atom. The Hall–Kier alpha value is -2.43. The van der Waals surface area contributed by atoms with Crippen molar-refractivity contribution in [3.05, 3.63) is 0 Å². The Labute approximate surface area is 296 Å². The van der Waals surface area contributed by atoms with Crippen molar-refractivity contribution in [3.8, 4) is 0 Å². The zero-order valence-corrected chi connectivity index (χ0v) is 30.8. The summed E-state index contributed by atoms with van der Waals surface area (Å²) in [4.78, 5) is 4.06. The van der Waals surface area contributed by atoms with Crippen molar-refractivity contribution < 1.29 is 28.4 Å². The van der Waals surface area contributed by atoms with Gasteiger partial charge < -0.3 is 62.0 Å². The number of aliphatic imine (C=N–C) groups is 1. The summed E-state index contributed by atoms with van der Waals surface area (Å²) in [6.07, 6.45) is 16.0. The van der Waals surface area contributed by atoms with Gasteiger partial charge in [-0.05, 0) is 38.5 Å². The lowest BCUT2D eigenvalue weighted by Gasteiger charge is -2.20. The monoisotopic (exact) mass is 704 g/mol. The summed E-state index contributed by atoms with van der Waals surface area (Å²) in [6, 6.07) is 0. The highest BCUT2D eigenvalue weighted by Crippen LogP contribution is 2.16. The Morgan fingerprint density at radius 3 is 1.20 bits per heavy atom. The molecule has 290 valence electrons. The number of hydrogen-bond donors (Lipinski definition) is 8. The SMILES string of the molecule is COCC(CCCCCCNC(=N)N)COCOCC(CCCCCCN=C(N)N)COCOCC(CCCCCCNC(=N)N)COC. The van der Waals surface area contributed by atoms with E-state index in [1.807, 2.05) is 0 Å². The predicted molar refractivity (Wildman–Crippen MR) is 198 cm³/mol. The maximum Gasteiger partial charge on any atom is 0.185 e. The molecule has 0 saturated carbocycles. The quantitative estimate of drug-likeness (QED) is 0.0201. The molecule has 0 spiro atoms. The second kappa shape index (κ2) is 35.4. The summed E-state index contributed by atoms with van der Waals surface area (Å²) >= 11 is 0. The molecule has 0 aliphatic carbocycles. The summed E-state index contributed by atoms with van der Waals surface area (Å²) in [5.41, 5.74) is 21.5. The molecular formula is C34H73N9O6. The normalized spacial score (nSPS) is 13.1. The fraction of sp³-hybridized carbons (Fsp3) is 0.912. The zero-order valence-electron chi connectivity index (χ0n) is 30.8. The van der Waals surface area contributed by atoms with E-state index in [0.29, 0.717) is 58.0 Å². The van der Waals surface area contributed by atoms with Crippen molar-refractivity contribution in [2.75, 3.05) is 87.1 Å². The van der Waals surface area contributed by atoms with Crippen molar-refractivity contribution in [1.29, 1.82) is 10.8 Å². The highest BCUT2D eigenvalue weighted by atomic mass is 16.7. The number of unbranched alkanes of at least 4 members (excludes halogenated alkanes) is 9. The average molecular weight is 704 g/mol. The van der Waals surface area contributed by atoms with E-state index >= 15 is 0 Å². The molecule has 12 N–H and O–H groups in total. The third kappa shape index (κ3) is 35.2. The standard InChI is InChI=1S/C34H73N9O6/c1-44-21-29(15-9-3-6-12-18-41-32(35)36)23-46-27-48-25-31(17-11-5-8-14-20-43-34(39)40)26-49-28-47-24-30(22-45-2)16-10-4-7-13-19-42-33(37)38/h29-31H,3-28H2,1-2H3,(H4,35,36,41)(H4,37,38,42)(H4,39,40,43). The summed E-state index contributed by atoms with van der Waals surface area (Å²) in [5, 5.41) is 20.1. The zero-order chi connectivity index (χ0) is 36.2. The van der Waals surface area contributed by atoms with E-state index in [0.717, 1.165) is 109 Å². The Bertz CT molecular complexity index is 745. The fourth-order valence-corrected chi connectivity index (χ4v) is 5.47. The second-order valence-corrected chi connectivity index (χ2v) is 12.8. The lowest BCUT2D eigenvalue weighted by atomic mass is 10.0. The summed E-state index contributed by atoms with van der Waals surface area (Å²) < 4.78 is 34.5. The third-order valence-corrected chi connectivity index (χ3v) is 8.08. The maximum atomic E-state index is 7.21. The largest absolute Gasteiger partial charge is 0.384 e. The van der Waals surface area contributed by atoms with Gasteiger partial charge in [0.2, 0.25) is 0 Å².